The molecule has 6 heteroatoms. The lowest BCUT2D eigenvalue weighted by Crippen LogP contribution is -2.46. The highest BCUT2D eigenvalue weighted by atomic mass is 79.9. The summed E-state index contributed by atoms with van der Waals surface area (Å²) in [5.74, 6) is 5.00. The van der Waals surface area contributed by atoms with Crippen LogP contribution >= 0.6 is 15.9 Å². The summed E-state index contributed by atoms with van der Waals surface area (Å²) >= 11 is 3.49. The molecule has 1 aliphatic carbocycles. The topological polar surface area (TPSA) is 68.3 Å². The van der Waals surface area contributed by atoms with E-state index < -0.39 is 5.91 Å². The Labute approximate surface area is 143 Å². The van der Waals surface area contributed by atoms with Crippen LogP contribution in [0.4, 0.5) is 0 Å². The summed E-state index contributed by atoms with van der Waals surface area (Å²) in [6, 6.07) is 5.35. The third kappa shape index (κ3) is 3.05. The van der Waals surface area contributed by atoms with Crippen molar-refractivity contribution in [2.24, 2.45) is 18.8 Å². The molecule has 1 fully saturated rings. The predicted molar refractivity (Wildman–Crippen MR) is 92.6 cm³/mol. The second-order valence-electron chi connectivity index (χ2n) is 6.17. The van der Waals surface area contributed by atoms with E-state index in [1.54, 1.807) is 12.1 Å². The molecule has 1 aromatic carbocycles. The maximum atomic E-state index is 12.5. The van der Waals surface area contributed by atoms with Gasteiger partial charge in [0.2, 0.25) is 5.91 Å². The summed E-state index contributed by atoms with van der Waals surface area (Å²) in [7, 11) is 1.94. The summed E-state index contributed by atoms with van der Waals surface area (Å²) < 4.78 is 2.88. The molecular weight excluding hydrogens is 358 g/mol. The van der Waals surface area contributed by atoms with Gasteiger partial charge in [-0.15, -0.1) is 0 Å². The maximum absolute atomic E-state index is 12.5. The lowest BCUT2D eigenvalue weighted by molar-refractivity contribution is -0.134. The van der Waals surface area contributed by atoms with E-state index in [-0.39, 0.29) is 11.8 Å². The standard InChI is InChI=1S/C17H20BrN3O2/c1-20-10-14(18)13-9-12(7-8-15(13)20)17(23)21(19)16(22)11-5-3-2-4-6-11/h7-11H,2-6,19H2,1H3. The van der Waals surface area contributed by atoms with Crippen molar-refractivity contribution in [2.45, 2.75) is 32.1 Å². The van der Waals surface area contributed by atoms with Crippen LogP contribution in [0.15, 0.2) is 28.9 Å². The number of aryl methyl sites for hydroxylation is 1. The average molecular weight is 378 g/mol. The molecule has 0 unspecified atom stereocenters. The van der Waals surface area contributed by atoms with E-state index in [9.17, 15) is 9.59 Å². The fourth-order valence-corrected chi connectivity index (χ4v) is 3.89. The molecular formula is C17H20BrN3O2. The van der Waals surface area contributed by atoms with Gasteiger partial charge >= 0.3 is 0 Å². The zero-order chi connectivity index (χ0) is 16.6. The molecule has 122 valence electrons. The van der Waals surface area contributed by atoms with Crippen molar-refractivity contribution in [3.05, 3.63) is 34.4 Å². The number of carbonyl (C=O) groups excluding carboxylic acids is 2. The van der Waals surface area contributed by atoms with Crippen molar-refractivity contribution in [3.63, 3.8) is 0 Å². The number of imide groups is 1. The minimum absolute atomic E-state index is 0.120. The molecule has 23 heavy (non-hydrogen) atoms. The van der Waals surface area contributed by atoms with Crippen molar-refractivity contribution in [3.8, 4) is 0 Å². The van der Waals surface area contributed by atoms with Crippen molar-refractivity contribution < 1.29 is 9.59 Å². The first-order valence-electron chi connectivity index (χ1n) is 7.86. The third-order valence-corrected chi connectivity index (χ3v) is 5.23. The van der Waals surface area contributed by atoms with Gasteiger partial charge in [-0.05, 0) is 47.0 Å². The van der Waals surface area contributed by atoms with Gasteiger partial charge in [-0.3, -0.25) is 9.59 Å². The van der Waals surface area contributed by atoms with Crippen LogP contribution in [0.5, 0.6) is 0 Å². The second-order valence-corrected chi connectivity index (χ2v) is 7.02. The zero-order valence-corrected chi connectivity index (χ0v) is 14.7. The largest absolute Gasteiger partial charge is 0.349 e. The Kier molecular flexibility index (Phi) is 4.55. The molecule has 0 saturated heterocycles. The predicted octanol–water partition coefficient (Wildman–Crippen LogP) is 3.36. The van der Waals surface area contributed by atoms with E-state index in [1.807, 2.05) is 23.9 Å². The highest BCUT2D eigenvalue weighted by Crippen LogP contribution is 2.28. The Bertz CT molecular complexity index is 763. The molecule has 1 heterocycles. The number of amides is 2. The third-order valence-electron chi connectivity index (χ3n) is 4.60. The summed E-state index contributed by atoms with van der Waals surface area (Å²) in [5, 5.41) is 1.73. The molecule has 1 aromatic heterocycles. The summed E-state index contributed by atoms with van der Waals surface area (Å²) in [6.07, 6.45) is 6.79. The number of hydrogen-bond donors (Lipinski definition) is 1. The second kappa shape index (κ2) is 6.45. The van der Waals surface area contributed by atoms with Gasteiger partial charge in [-0.2, -0.15) is 0 Å². The number of rotatable bonds is 2. The monoisotopic (exact) mass is 377 g/mol. The molecule has 2 aromatic rings. The number of nitrogens with zero attached hydrogens (tertiary/aromatic N) is 2. The number of hydrogen-bond acceptors (Lipinski definition) is 3. The fourth-order valence-electron chi connectivity index (χ4n) is 3.26. The van der Waals surface area contributed by atoms with Crippen LogP contribution in [0, 0.1) is 5.92 Å². The fraction of sp³-hybridized carbons (Fsp3) is 0.412. The van der Waals surface area contributed by atoms with E-state index in [1.165, 1.54) is 0 Å². The van der Waals surface area contributed by atoms with Gasteiger partial charge in [0.15, 0.2) is 0 Å². The molecule has 2 amide bonds. The maximum Gasteiger partial charge on any atom is 0.274 e. The Morgan fingerprint density at radius 3 is 2.65 bits per heavy atom. The molecule has 0 bridgehead atoms. The van der Waals surface area contributed by atoms with E-state index in [4.69, 9.17) is 5.84 Å². The Morgan fingerprint density at radius 2 is 1.96 bits per heavy atom. The molecule has 1 aliphatic rings. The van der Waals surface area contributed by atoms with Gasteiger partial charge in [-0.1, -0.05) is 19.3 Å². The molecule has 1 saturated carbocycles. The van der Waals surface area contributed by atoms with Crippen LogP contribution in [0.3, 0.4) is 0 Å². The number of carbonyl (C=O) groups is 2. The smallest absolute Gasteiger partial charge is 0.274 e. The van der Waals surface area contributed by atoms with E-state index >= 15 is 0 Å². The summed E-state index contributed by atoms with van der Waals surface area (Å²) in [5.41, 5.74) is 1.44. The van der Waals surface area contributed by atoms with Gasteiger partial charge in [0, 0.05) is 40.1 Å². The molecule has 3 rings (SSSR count). The van der Waals surface area contributed by atoms with Crippen LogP contribution in [0.1, 0.15) is 42.5 Å². The quantitative estimate of drug-likeness (QED) is 0.377. The summed E-state index contributed by atoms with van der Waals surface area (Å²) in [6.45, 7) is 0. The van der Waals surface area contributed by atoms with Crippen LogP contribution in [-0.2, 0) is 11.8 Å². The normalized spacial score (nSPS) is 15.8. The minimum atomic E-state index is -0.446. The van der Waals surface area contributed by atoms with Gasteiger partial charge in [0.25, 0.3) is 5.91 Å². The van der Waals surface area contributed by atoms with Crippen LogP contribution < -0.4 is 5.84 Å². The molecule has 0 atom stereocenters. The van der Waals surface area contributed by atoms with Gasteiger partial charge in [-0.25, -0.2) is 10.9 Å². The Hall–Kier alpha value is -1.66. The van der Waals surface area contributed by atoms with Crippen LogP contribution in [0.25, 0.3) is 10.9 Å². The Balaban J connectivity index is 1.84. The summed E-state index contributed by atoms with van der Waals surface area (Å²) in [4.78, 5) is 25.0. The lowest BCUT2D eigenvalue weighted by atomic mass is 9.88. The molecule has 0 spiro atoms. The first-order chi connectivity index (χ1) is 11.0. The molecule has 0 aliphatic heterocycles. The van der Waals surface area contributed by atoms with Crippen molar-refractivity contribution >= 4 is 38.6 Å². The van der Waals surface area contributed by atoms with Crippen LogP contribution in [-0.4, -0.2) is 21.4 Å². The van der Waals surface area contributed by atoms with E-state index in [0.717, 1.165) is 52.5 Å². The molecule has 2 N–H and O–H groups in total. The number of benzene rings is 1. The Morgan fingerprint density at radius 1 is 1.26 bits per heavy atom. The highest BCUT2D eigenvalue weighted by molar-refractivity contribution is 9.10. The van der Waals surface area contributed by atoms with Crippen molar-refractivity contribution in [1.82, 2.24) is 9.58 Å². The number of hydrazine groups is 1. The van der Waals surface area contributed by atoms with Gasteiger partial charge in [0.1, 0.15) is 0 Å². The molecule has 0 radical (unpaired) electrons. The highest BCUT2D eigenvalue weighted by Gasteiger charge is 2.28. The molecule has 5 nitrogen and oxygen atoms in total. The lowest BCUT2D eigenvalue weighted by Gasteiger charge is -2.24. The number of halogens is 1. The van der Waals surface area contributed by atoms with Crippen molar-refractivity contribution in [2.75, 3.05) is 0 Å². The average Bonchev–Trinajstić information content (AvgIpc) is 2.87. The van der Waals surface area contributed by atoms with Crippen molar-refractivity contribution in [1.29, 1.82) is 0 Å². The number of nitrogens with two attached hydrogens (primary N) is 1. The van der Waals surface area contributed by atoms with Gasteiger partial charge < -0.3 is 4.57 Å². The van der Waals surface area contributed by atoms with E-state index in [2.05, 4.69) is 15.9 Å². The van der Waals surface area contributed by atoms with E-state index in [0.29, 0.717) is 5.56 Å². The van der Waals surface area contributed by atoms with Gasteiger partial charge in [0.05, 0.1) is 0 Å². The SMILES string of the molecule is Cn1cc(Br)c2cc(C(=O)N(N)C(=O)C3CCCCC3)ccc21. The van der Waals surface area contributed by atoms with Crippen LogP contribution in [0.2, 0.25) is 0 Å². The number of aromatic nitrogens is 1. The first kappa shape index (κ1) is 16.2. The minimum Gasteiger partial charge on any atom is -0.349 e. The zero-order valence-electron chi connectivity index (χ0n) is 13.1. The first-order valence-corrected chi connectivity index (χ1v) is 8.66. The number of fused-ring (bicyclic) bond motifs is 1.